The lowest BCUT2D eigenvalue weighted by atomic mass is 10.1. The van der Waals surface area contributed by atoms with Gasteiger partial charge >= 0.3 is 6.18 Å². The van der Waals surface area contributed by atoms with Gasteiger partial charge in [0.2, 0.25) is 0 Å². The summed E-state index contributed by atoms with van der Waals surface area (Å²) in [6.45, 7) is 1.68. The maximum atomic E-state index is 13.2. The quantitative estimate of drug-likeness (QED) is 0.173. The topological polar surface area (TPSA) is 131 Å². The lowest BCUT2D eigenvalue weighted by molar-refractivity contribution is -0.137. The van der Waals surface area contributed by atoms with E-state index in [0.29, 0.717) is 17.4 Å². The number of carbonyl (C=O) groups is 2. The number of nitrogens with zero attached hydrogens (tertiary/aromatic N) is 2. The Morgan fingerprint density at radius 1 is 0.809 bits per heavy atom. The molecule has 0 saturated heterocycles. The smallest absolute Gasteiger partial charge is 0.322 e. The Kier molecular flexibility index (Phi) is 9.00. The third-order valence-electron chi connectivity index (χ3n) is 7.11. The molecule has 0 aliphatic rings. The van der Waals surface area contributed by atoms with E-state index in [9.17, 15) is 36.0 Å². The summed E-state index contributed by atoms with van der Waals surface area (Å²) in [6.07, 6.45) is -4.69. The lowest BCUT2D eigenvalue weighted by Crippen LogP contribution is -2.23. The molecule has 1 aromatic heterocycles. The molecule has 0 unspecified atom stereocenters. The summed E-state index contributed by atoms with van der Waals surface area (Å²) in [5, 5.41) is 5.09. The van der Waals surface area contributed by atoms with Crippen LogP contribution in [0.15, 0.2) is 107 Å². The molecule has 0 bridgehead atoms. The summed E-state index contributed by atoms with van der Waals surface area (Å²) in [4.78, 5) is 39.1. The first kappa shape index (κ1) is 33.0. The number of amides is 2. The zero-order valence-corrected chi connectivity index (χ0v) is 26.2. The van der Waals surface area contributed by atoms with Crippen LogP contribution >= 0.6 is 11.6 Å². The third kappa shape index (κ3) is 7.08. The van der Waals surface area contributed by atoms with Gasteiger partial charge in [0.15, 0.2) is 0 Å². The number of nitrogens with one attached hydrogen (secondary N) is 3. The molecule has 4 aromatic carbocycles. The van der Waals surface area contributed by atoms with E-state index in [1.165, 1.54) is 28.9 Å². The van der Waals surface area contributed by atoms with Crippen molar-refractivity contribution < 1.29 is 31.2 Å². The van der Waals surface area contributed by atoms with Gasteiger partial charge in [0, 0.05) is 24.0 Å². The lowest BCUT2D eigenvalue weighted by Gasteiger charge is -2.13. The number of hydrogen-bond donors (Lipinski definition) is 3. The second-order valence-corrected chi connectivity index (χ2v) is 12.3. The average Bonchev–Trinajstić information content (AvgIpc) is 3.23. The molecule has 5 rings (SSSR count). The van der Waals surface area contributed by atoms with Crippen LogP contribution in [0.2, 0.25) is 5.02 Å². The van der Waals surface area contributed by atoms with Gasteiger partial charge in [0.05, 0.1) is 32.4 Å². The van der Waals surface area contributed by atoms with Crippen molar-refractivity contribution in [1.29, 1.82) is 0 Å². The zero-order chi connectivity index (χ0) is 34.1. The maximum Gasteiger partial charge on any atom is 0.416 e. The summed E-state index contributed by atoms with van der Waals surface area (Å²) in [5.74, 6) is -1.45. The summed E-state index contributed by atoms with van der Waals surface area (Å²) >= 11 is 6.20. The van der Waals surface area contributed by atoms with Crippen molar-refractivity contribution in [3.8, 4) is 5.69 Å². The van der Waals surface area contributed by atoms with Gasteiger partial charge in [0.1, 0.15) is 5.69 Å². The monoisotopic (exact) mass is 683 g/mol. The van der Waals surface area contributed by atoms with E-state index < -0.39 is 44.0 Å². The molecule has 0 fully saturated rings. The van der Waals surface area contributed by atoms with Gasteiger partial charge in [-0.2, -0.15) is 13.2 Å². The molecule has 0 radical (unpaired) electrons. The van der Waals surface area contributed by atoms with Crippen LogP contribution in [0.4, 0.5) is 30.2 Å². The van der Waals surface area contributed by atoms with Crippen LogP contribution in [0.5, 0.6) is 0 Å². The summed E-state index contributed by atoms with van der Waals surface area (Å²) in [7, 11) is -2.75. The van der Waals surface area contributed by atoms with Gasteiger partial charge in [-0.05, 0) is 73.7 Å². The minimum absolute atomic E-state index is 0.0688. The highest BCUT2D eigenvalue weighted by Crippen LogP contribution is 2.31. The van der Waals surface area contributed by atoms with Crippen LogP contribution in [-0.4, -0.2) is 29.6 Å². The number of benzene rings is 4. The molecule has 3 N–H and O–H groups in total. The molecule has 0 aliphatic carbocycles. The predicted octanol–water partition coefficient (Wildman–Crippen LogP) is 6.46. The Hall–Kier alpha value is -5.34. The first-order chi connectivity index (χ1) is 22.2. The van der Waals surface area contributed by atoms with E-state index in [1.54, 1.807) is 42.9 Å². The van der Waals surface area contributed by atoms with Crippen LogP contribution in [0.1, 0.15) is 32.0 Å². The predicted molar refractivity (Wildman–Crippen MR) is 172 cm³/mol. The van der Waals surface area contributed by atoms with E-state index >= 15 is 0 Å². The van der Waals surface area contributed by atoms with E-state index in [1.807, 2.05) is 6.07 Å². The second kappa shape index (κ2) is 12.8. The van der Waals surface area contributed by atoms with Crippen LogP contribution in [0, 0.1) is 6.92 Å². The van der Waals surface area contributed by atoms with E-state index in [4.69, 9.17) is 11.6 Å². The fourth-order valence-electron chi connectivity index (χ4n) is 4.65. The number of halogens is 4. The molecule has 0 atom stereocenters. The summed E-state index contributed by atoms with van der Waals surface area (Å²) < 4.78 is 70.3. The van der Waals surface area contributed by atoms with Crippen LogP contribution in [0.25, 0.3) is 5.69 Å². The van der Waals surface area contributed by atoms with Crippen molar-refractivity contribution in [2.45, 2.75) is 18.0 Å². The van der Waals surface area contributed by atoms with Gasteiger partial charge in [-0.3, -0.25) is 23.8 Å². The molecule has 0 saturated carbocycles. The molecule has 10 nitrogen and oxygen atoms in total. The Balaban J connectivity index is 1.34. The Bertz CT molecular complexity index is 2180. The molecule has 47 heavy (non-hydrogen) atoms. The molecular formula is C32H25ClF3N5O5S. The third-order valence-corrected chi connectivity index (χ3v) is 8.82. The van der Waals surface area contributed by atoms with Crippen molar-refractivity contribution in [3.05, 3.63) is 135 Å². The number of alkyl halides is 3. The van der Waals surface area contributed by atoms with Crippen LogP contribution in [0.3, 0.4) is 0 Å². The van der Waals surface area contributed by atoms with Gasteiger partial charge < -0.3 is 10.6 Å². The normalized spacial score (nSPS) is 11.6. The number of rotatable bonds is 8. The molecule has 5 aromatic rings. The van der Waals surface area contributed by atoms with Crippen molar-refractivity contribution >= 4 is 50.5 Å². The molecule has 15 heteroatoms. The van der Waals surface area contributed by atoms with E-state index in [2.05, 4.69) is 15.4 Å². The van der Waals surface area contributed by atoms with E-state index in [-0.39, 0.29) is 33.2 Å². The zero-order valence-electron chi connectivity index (χ0n) is 24.6. The minimum atomic E-state index is -4.69. The molecular weight excluding hydrogens is 659 g/mol. The molecule has 0 aliphatic heterocycles. The number of hydrogen-bond acceptors (Lipinski definition) is 5. The number of carbonyl (C=O) groups excluding carboxylic acids is 2. The SMILES string of the molecule is Cc1c(NC(=O)c2cccc(NC(=O)c3cc(S(=O)(=O)Nc4cccc(C(F)(F)F)c4)ccc3Cl)c2)c(=O)n(-c2ccccc2)n1C. The van der Waals surface area contributed by atoms with Gasteiger partial charge in [-0.1, -0.05) is 41.9 Å². The van der Waals surface area contributed by atoms with Gasteiger partial charge in [-0.25, -0.2) is 13.1 Å². The standard InChI is InChI=1S/C32H25ClF3N5O5S/c1-19-28(31(44)41(40(19)2)24-12-4-3-5-13-24)38-29(42)20-8-6-10-22(16-20)37-30(43)26-18-25(14-15-27(26)33)47(45,46)39-23-11-7-9-21(17-23)32(34,35)36/h3-18,39H,1-2H3,(H,37,43)(H,38,42). The summed E-state index contributed by atoms with van der Waals surface area (Å²) in [6, 6.07) is 21.5. The number of anilines is 3. The highest BCUT2D eigenvalue weighted by molar-refractivity contribution is 7.92. The highest BCUT2D eigenvalue weighted by atomic mass is 35.5. The van der Waals surface area contributed by atoms with Crippen LogP contribution in [-0.2, 0) is 23.2 Å². The van der Waals surface area contributed by atoms with Crippen LogP contribution < -0.4 is 20.9 Å². The molecule has 1 heterocycles. The number of aromatic nitrogens is 2. The van der Waals surface area contributed by atoms with Gasteiger partial charge in [0.25, 0.3) is 27.4 Å². The molecule has 0 spiro atoms. The number of para-hydroxylation sites is 1. The van der Waals surface area contributed by atoms with Crippen molar-refractivity contribution in [2.24, 2.45) is 7.05 Å². The first-order valence-corrected chi connectivity index (χ1v) is 15.6. The Morgan fingerprint density at radius 3 is 2.19 bits per heavy atom. The minimum Gasteiger partial charge on any atom is -0.322 e. The summed E-state index contributed by atoms with van der Waals surface area (Å²) in [5.41, 5.74) is -0.646. The highest BCUT2D eigenvalue weighted by Gasteiger charge is 2.31. The largest absolute Gasteiger partial charge is 0.416 e. The van der Waals surface area contributed by atoms with Crippen molar-refractivity contribution in [3.63, 3.8) is 0 Å². The average molecular weight is 684 g/mol. The van der Waals surface area contributed by atoms with Gasteiger partial charge in [-0.15, -0.1) is 0 Å². The van der Waals surface area contributed by atoms with Crippen molar-refractivity contribution in [1.82, 2.24) is 9.36 Å². The Morgan fingerprint density at radius 2 is 1.49 bits per heavy atom. The Labute approximate surface area is 271 Å². The first-order valence-electron chi connectivity index (χ1n) is 13.7. The molecule has 242 valence electrons. The van der Waals surface area contributed by atoms with Crippen molar-refractivity contribution in [2.75, 3.05) is 15.4 Å². The fourth-order valence-corrected chi connectivity index (χ4v) is 5.93. The van der Waals surface area contributed by atoms with E-state index in [0.717, 1.165) is 36.4 Å². The maximum absolute atomic E-state index is 13.2. The fraction of sp³-hybridized carbons (Fsp3) is 0.0938. The second-order valence-electron chi connectivity index (χ2n) is 10.3. The molecule has 2 amide bonds. The number of sulfonamides is 1.